The lowest BCUT2D eigenvalue weighted by molar-refractivity contribution is 0.0163. The van der Waals surface area contributed by atoms with Crippen molar-refractivity contribution in [3.8, 4) is 0 Å². The fourth-order valence-electron chi connectivity index (χ4n) is 4.59. The summed E-state index contributed by atoms with van der Waals surface area (Å²) in [6.45, 7) is 16.9. The van der Waals surface area contributed by atoms with E-state index < -0.39 is 11.2 Å². The van der Waals surface area contributed by atoms with Gasteiger partial charge < -0.3 is 33.5 Å². The summed E-state index contributed by atoms with van der Waals surface area (Å²) in [5.74, 6) is 1.05. The van der Waals surface area contributed by atoms with Gasteiger partial charge in [-0.1, -0.05) is 0 Å². The monoisotopic (exact) mass is 532 g/mol. The molecule has 2 aromatic heterocycles. The lowest BCUT2D eigenvalue weighted by atomic mass is 10.2. The molecule has 0 saturated heterocycles. The molecule has 210 valence electrons. The van der Waals surface area contributed by atoms with Gasteiger partial charge in [-0.3, -0.25) is 4.79 Å². The maximum Gasteiger partial charge on any atom is 0.410 e. The predicted molar refractivity (Wildman–Crippen MR) is 138 cm³/mol. The van der Waals surface area contributed by atoms with Crippen LogP contribution in [0.1, 0.15) is 95.3 Å². The second-order valence-corrected chi connectivity index (χ2v) is 11.7. The van der Waals surface area contributed by atoms with Gasteiger partial charge in [0.25, 0.3) is 0 Å². The number of hydrogen-bond donors (Lipinski definition) is 1. The highest BCUT2D eigenvalue weighted by Crippen LogP contribution is 2.25. The van der Waals surface area contributed by atoms with Crippen molar-refractivity contribution in [3.63, 3.8) is 0 Å². The summed E-state index contributed by atoms with van der Waals surface area (Å²) < 4.78 is 14.6. The van der Waals surface area contributed by atoms with Gasteiger partial charge in [0.1, 0.15) is 23.6 Å². The topological polar surface area (TPSA) is 132 Å². The summed E-state index contributed by atoms with van der Waals surface area (Å²) in [6.07, 6.45) is 3.44. The third-order valence-electron chi connectivity index (χ3n) is 5.96. The Morgan fingerprint density at radius 1 is 0.895 bits per heavy atom. The summed E-state index contributed by atoms with van der Waals surface area (Å²) in [6, 6.07) is 0.0971. The molecular formula is C26H40N6O6. The van der Waals surface area contributed by atoms with Gasteiger partial charge in [0.2, 0.25) is 0 Å². The fourth-order valence-corrected chi connectivity index (χ4v) is 4.59. The van der Waals surface area contributed by atoms with Crippen LogP contribution in [0.2, 0.25) is 0 Å². The first-order valence-corrected chi connectivity index (χ1v) is 12.8. The highest BCUT2D eigenvalue weighted by Gasteiger charge is 2.31. The number of aliphatic hydroxyl groups excluding tert-OH is 1. The molecule has 12 heteroatoms. The summed E-state index contributed by atoms with van der Waals surface area (Å²) in [4.78, 5) is 46.6. The Balaban J connectivity index is 0.000000211. The molecule has 2 aromatic rings. The molecule has 0 unspecified atom stereocenters. The average molecular weight is 533 g/mol. The van der Waals surface area contributed by atoms with E-state index in [9.17, 15) is 19.5 Å². The second-order valence-electron chi connectivity index (χ2n) is 11.7. The van der Waals surface area contributed by atoms with Crippen molar-refractivity contribution >= 4 is 18.5 Å². The Morgan fingerprint density at radius 2 is 1.34 bits per heavy atom. The Labute approximate surface area is 223 Å². The highest BCUT2D eigenvalue weighted by molar-refractivity contribution is 5.71. The lowest BCUT2D eigenvalue weighted by Gasteiger charge is -2.34. The van der Waals surface area contributed by atoms with Crippen molar-refractivity contribution in [2.24, 2.45) is 0 Å². The quantitative estimate of drug-likeness (QED) is 0.579. The van der Waals surface area contributed by atoms with Gasteiger partial charge in [0.05, 0.1) is 49.0 Å². The van der Waals surface area contributed by atoms with Gasteiger partial charge >= 0.3 is 12.2 Å². The average Bonchev–Trinajstić information content (AvgIpc) is 3.41. The molecule has 4 heterocycles. The number of nitrogens with zero attached hydrogens (tertiary/aromatic N) is 6. The number of aldehydes is 1. The molecule has 2 atom stereocenters. The fraction of sp³-hybridized carbons (Fsp3) is 0.654. The van der Waals surface area contributed by atoms with Gasteiger partial charge in [-0.05, 0) is 55.4 Å². The van der Waals surface area contributed by atoms with Crippen LogP contribution < -0.4 is 0 Å². The minimum Gasteiger partial charge on any atom is -0.444 e. The number of ether oxygens (including phenoxy) is 2. The summed E-state index contributed by atoms with van der Waals surface area (Å²) in [5, 5.41) is 9.24. The van der Waals surface area contributed by atoms with Crippen LogP contribution in [-0.2, 0) is 29.2 Å². The normalized spacial score (nSPS) is 19.1. The summed E-state index contributed by atoms with van der Waals surface area (Å²) in [5.41, 5.74) is 0.778. The van der Waals surface area contributed by atoms with Crippen molar-refractivity contribution in [2.45, 2.75) is 98.4 Å². The predicted octanol–water partition coefficient (Wildman–Crippen LogP) is 3.69. The van der Waals surface area contributed by atoms with Crippen LogP contribution in [-0.4, -0.2) is 76.8 Å². The molecule has 2 aliphatic rings. The van der Waals surface area contributed by atoms with Gasteiger partial charge in [-0.25, -0.2) is 19.6 Å². The molecule has 0 bridgehead atoms. The number of imidazole rings is 2. The number of fused-ring (bicyclic) bond motifs is 2. The maximum absolute atomic E-state index is 12.1. The largest absolute Gasteiger partial charge is 0.444 e. The van der Waals surface area contributed by atoms with E-state index in [0.29, 0.717) is 37.8 Å². The van der Waals surface area contributed by atoms with Crippen molar-refractivity contribution in [3.05, 3.63) is 35.4 Å². The molecule has 0 aromatic carbocycles. The van der Waals surface area contributed by atoms with Crippen molar-refractivity contribution in [1.82, 2.24) is 28.9 Å². The number of aromatic nitrogens is 4. The van der Waals surface area contributed by atoms with Crippen molar-refractivity contribution in [1.29, 1.82) is 0 Å². The van der Waals surface area contributed by atoms with E-state index in [2.05, 4.69) is 9.97 Å². The van der Waals surface area contributed by atoms with E-state index in [1.807, 2.05) is 64.5 Å². The van der Waals surface area contributed by atoms with E-state index >= 15 is 0 Å². The Hall–Kier alpha value is -3.41. The molecule has 0 fully saturated rings. The molecular weight excluding hydrogens is 492 g/mol. The third-order valence-corrected chi connectivity index (χ3v) is 5.96. The van der Waals surface area contributed by atoms with Crippen LogP contribution in [0.25, 0.3) is 0 Å². The molecule has 0 aliphatic carbocycles. The smallest absolute Gasteiger partial charge is 0.410 e. The number of aliphatic hydroxyl groups is 1. The van der Waals surface area contributed by atoms with Gasteiger partial charge in [0.15, 0.2) is 12.1 Å². The minimum atomic E-state index is -0.508. The number of carbonyl (C=O) groups excluding carboxylic acids is 3. The van der Waals surface area contributed by atoms with Gasteiger partial charge in [-0.15, -0.1) is 0 Å². The van der Waals surface area contributed by atoms with Gasteiger partial charge in [0, 0.05) is 13.1 Å². The molecule has 2 amide bonds. The molecule has 0 radical (unpaired) electrons. The molecule has 2 aliphatic heterocycles. The van der Waals surface area contributed by atoms with Crippen molar-refractivity contribution < 1.29 is 29.0 Å². The zero-order valence-electron chi connectivity index (χ0n) is 23.6. The molecule has 38 heavy (non-hydrogen) atoms. The van der Waals surface area contributed by atoms with Crippen LogP contribution in [0, 0.1) is 0 Å². The van der Waals surface area contributed by atoms with E-state index in [-0.39, 0.29) is 30.9 Å². The van der Waals surface area contributed by atoms with Crippen LogP contribution >= 0.6 is 0 Å². The van der Waals surface area contributed by atoms with E-state index in [1.165, 1.54) is 0 Å². The molecule has 0 spiro atoms. The molecule has 12 nitrogen and oxygen atoms in total. The molecule has 0 saturated carbocycles. The first kappa shape index (κ1) is 29.2. The second kappa shape index (κ2) is 11.1. The minimum absolute atomic E-state index is 0.0129. The lowest BCUT2D eigenvalue weighted by Crippen LogP contribution is -2.43. The van der Waals surface area contributed by atoms with E-state index in [0.717, 1.165) is 17.7 Å². The zero-order chi connectivity index (χ0) is 28.4. The zero-order valence-corrected chi connectivity index (χ0v) is 23.6. The molecule has 1 N–H and O–H groups in total. The number of amides is 2. The Morgan fingerprint density at radius 3 is 1.79 bits per heavy atom. The molecule has 4 rings (SSSR count). The first-order valence-electron chi connectivity index (χ1n) is 12.8. The standard InChI is InChI=1S/C13H21N3O3.C13H19N3O3/c2*1-9-6-15(12(18)19-13(2,3)4)7-10-5-14-11(8-17)16(9)10/h5,9,17H,6-8H2,1-4H3;5,8-9H,6-7H2,1-4H3/t2*9-/m00/s1. The Kier molecular flexibility index (Phi) is 8.55. The maximum atomic E-state index is 12.1. The Bertz CT molecular complexity index is 1160. The number of hydrogen-bond acceptors (Lipinski definition) is 8. The van der Waals surface area contributed by atoms with Gasteiger partial charge in [-0.2, -0.15) is 0 Å². The number of rotatable bonds is 2. The van der Waals surface area contributed by atoms with Crippen LogP contribution in [0.3, 0.4) is 0 Å². The van der Waals surface area contributed by atoms with E-state index in [4.69, 9.17) is 9.47 Å². The third kappa shape index (κ3) is 6.91. The first-order chi connectivity index (χ1) is 17.6. The van der Waals surface area contributed by atoms with E-state index in [1.54, 1.807) is 22.2 Å². The number of carbonyl (C=O) groups is 3. The summed E-state index contributed by atoms with van der Waals surface area (Å²) in [7, 11) is 0. The van der Waals surface area contributed by atoms with Crippen LogP contribution in [0.15, 0.2) is 12.4 Å². The van der Waals surface area contributed by atoms with Crippen LogP contribution in [0.4, 0.5) is 9.59 Å². The van der Waals surface area contributed by atoms with Crippen LogP contribution in [0.5, 0.6) is 0 Å². The summed E-state index contributed by atoms with van der Waals surface area (Å²) >= 11 is 0. The van der Waals surface area contributed by atoms with Crippen molar-refractivity contribution in [2.75, 3.05) is 13.1 Å². The SMILES string of the molecule is C[C@H]1CN(C(=O)OC(C)(C)C)Cc2cnc(C=O)n21.C[C@H]1CN(C(=O)OC(C)(C)C)Cc2cnc(CO)n21. The highest BCUT2D eigenvalue weighted by atomic mass is 16.6.